The van der Waals surface area contributed by atoms with Crippen LogP contribution in [0.15, 0.2) is 0 Å². The number of aliphatic hydroxyl groups excluding tert-OH is 1. The fraction of sp³-hybridized carbons (Fsp3) is 1.00. The molecule has 0 fully saturated rings. The van der Waals surface area contributed by atoms with Gasteiger partial charge in [-0.2, -0.15) is 8.42 Å². The highest BCUT2D eigenvalue weighted by Crippen LogP contribution is 1.80. The molecular formula is C4H12ClNO4S. The van der Waals surface area contributed by atoms with Crippen molar-refractivity contribution in [3.05, 3.63) is 0 Å². The minimum atomic E-state index is -3.67. The minimum Gasteiger partial charge on any atom is -0.391 e. The number of rotatable bonds is 2. The molecule has 0 saturated heterocycles. The van der Waals surface area contributed by atoms with Crippen molar-refractivity contribution in [3.63, 3.8) is 0 Å². The van der Waals surface area contributed by atoms with E-state index in [4.69, 9.17) is 27.0 Å². The maximum Gasteiger partial charge on any atom is 0.261 e. The SMILES string of the molecule is CS(=O)(=O)O.NC[C@H](O)CCl. The Bertz CT molecular complexity index is 157. The number of alkyl halides is 1. The molecule has 1 atom stereocenters. The minimum absolute atomic E-state index is 0.233. The summed E-state index contributed by atoms with van der Waals surface area (Å²) in [5.74, 6) is 0.233. The number of aliphatic hydroxyl groups is 1. The van der Waals surface area contributed by atoms with Crippen LogP contribution < -0.4 is 5.73 Å². The summed E-state index contributed by atoms with van der Waals surface area (Å²) in [5, 5.41) is 8.41. The second-order valence-corrected chi connectivity index (χ2v) is 3.55. The fourth-order valence-electron chi connectivity index (χ4n) is 0.0630. The van der Waals surface area contributed by atoms with Gasteiger partial charge < -0.3 is 10.8 Å². The third-order valence-electron chi connectivity index (χ3n) is 0.450. The maximum absolute atomic E-state index is 9.19. The van der Waals surface area contributed by atoms with Crippen molar-refractivity contribution >= 4 is 21.7 Å². The molecule has 11 heavy (non-hydrogen) atoms. The lowest BCUT2D eigenvalue weighted by Gasteiger charge is -1.96. The van der Waals surface area contributed by atoms with Crippen molar-refractivity contribution in [1.82, 2.24) is 0 Å². The largest absolute Gasteiger partial charge is 0.391 e. The van der Waals surface area contributed by atoms with Crippen LogP contribution >= 0.6 is 11.6 Å². The summed E-state index contributed by atoms with van der Waals surface area (Å²) in [6, 6.07) is 0. The first-order valence-electron chi connectivity index (χ1n) is 2.67. The molecule has 7 heteroatoms. The molecule has 5 nitrogen and oxygen atoms in total. The molecule has 0 aromatic rings. The van der Waals surface area contributed by atoms with Crippen molar-refractivity contribution in [2.45, 2.75) is 6.10 Å². The average Bonchev–Trinajstić information content (AvgIpc) is 1.83. The normalized spacial score (nSPS) is 13.2. The molecule has 0 amide bonds. The molecule has 0 heterocycles. The molecule has 0 aliphatic carbocycles. The van der Waals surface area contributed by atoms with Gasteiger partial charge in [0.2, 0.25) is 0 Å². The number of halogens is 1. The van der Waals surface area contributed by atoms with E-state index in [0.717, 1.165) is 0 Å². The first-order valence-corrected chi connectivity index (χ1v) is 5.06. The summed E-state index contributed by atoms with van der Waals surface area (Å²) in [6.07, 6.45) is 0.194. The van der Waals surface area contributed by atoms with E-state index in [1.807, 2.05) is 0 Å². The topological polar surface area (TPSA) is 101 Å². The van der Waals surface area contributed by atoms with Gasteiger partial charge in [0.05, 0.1) is 12.4 Å². The van der Waals surface area contributed by atoms with Gasteiger partial charge in [0.15, 0.2) is 0 Å². The standard InChI is InChI=1S/C3H8ClNO.CH4O3S/c4-1-3(6)2-5;1-5(2,3)4/h3,6H,1-2,5H2;1H3,(H,2,3,4)/t3-;/m1./s1. The lowest BCUT2D eigenvalue weighted by molar-refractivity contribution is 0.206. The number of hydrogen-bond acceptors (Lipinski definition) is 4. The first kappa shape index (κ1) is 13.7. The molecule has 0 aliphatic rings. The van der Waals surface area contributed by atoms with E-state index in [9.17, 15) is 8.42 Å². The predicted octanol–water partition coefficient (Wildman–Crippen LogP) is -0.951. The fourth-order valence-corrected chi connectivity index (χ4v) is 0.189. The molecule has 0 aromatic heterocycles. The van der Waals surface area contributed by atoms with Crippen molar-refractivity contribution < 1.29 is 18.1 Å². The third-order valence-corrected chi connectivity index (χ3v) is 0.806. The van der Waals surface area contributed by atoms with E-state index in [1.54, 1.807) is 0 Å². The second kappa shape index (κ2) is 6.81. The summed E-state index contributed by atoms with van der Waals surface area (Å²) >= 11 is 5.12. The summed E-state index contributed by atoms with van der Waals surface area (Å²) in [5.41, 5.74) is 4.95. The van der Waals surface area contributed by atoms with Crippen molar-refractivity contribution in [2.24, 2.45) is 5.73 Å². The summed E-state index contributed by atoms with van der Waals surface area (Å²) in [6.45, 7) is 0.253. The van der Waals surface area contributed by atoms with Crippen molar-refractivity contribution in [2.75, 3.05) is 18.7 Å². The van der Waals surface area contributed by atoms with E-state index >= 15 is 0 Å². The Hall–Kier alpha value is 0.120. The first-order chi connectivity index (χ1) is 4.81. The maximum atomic E-state index is 9.19. The van der Waals surface area contributed by atoms with Gasteiger partial charge in [-0.3, -0.25) is 4.55 Å². The molecule has 0 unspecified atom stereocenters. The van der Waals surface area contributed by atoms with Crippen LogP contribution in [0.25, 0.3) is 0 Å². The van der Waals surface area contributed by atoms with Crippen LogP contribution in [0.5, 0.6) is 0 Å². The van der Waals surface area contributed by atoms with Crippen molar-refractivity contribution in [1.29, 1.82) is 0 Å². The molecule has 0 aromatic carbocycles. The molecule has 70 valence electrons. The van der Waals surface area contributed by atoms with Gasteiger partial charge in [0.25, 0.3) is 10.1 Å². The number of nitrogens with two attached hydrogens (primary N) is 1. The lowest BCUT2D eigenvalue weighted by atomic mass is 10.4. The zero-order chi connectivity index (χ0) is 9.49. The van der Waals surface area contributed by atoms with Crippen molar-refractivity contribution in [3.8, 4) is 0 Å². The molecular weight excluding hydrogens is 194 g/mol. The Labute approximate surface area is 70.9 Å². The van der Waals surface area contributed by atoms with Crippen LogP contribution in [-0.4, -0.2) is 42.9 Å². The molecule has 0 bridgehead atoms. The van der Waals surface area contributed by atoms with Gasteiger partial charge in [0.1, 0.15) is 0 Å². The van der Waals surface area contributed by atoms with E-state index in [-0.39, 0.29) is 12.4 Å². The van der Waals surface area contributed by atoms with Crippen LogP contribution in [0.1, 0.15) is 0 Å². The predicted molar refractivity (Wildman–Crippen MR) is 43.3 cm³/mol. The van der Waals surface area contributed by atoms with Gasteiger partial charge >= 0.3 is 0 Å². The van der Waals surface area contributed by atoms with Gasteiger partial charge in [-0.15, -0.1) is 11.6 Å². The van der Waals surface area contributed by atoms with Gasteiger partial charge in [-0.1, -0.05) is 0 Å². The van der Waals surface area contributed by atoms with Gasteiger partial charge in [-0.05, 0) is 0 Å². The summed E-state index contributed by atoms with van der Waals surface area (Å²) in [4.78, 5) is 0. The molecule has 0 rings (SSSR count). The highest BCUT2D eigenvalue weighted by atomic mass is 35.5. The smallest absolute Gasteiger partial charge is 0.261 e. The summed E-state index contributed by atoms with van der Waals surface area (Å²) < 4.78 is 25.9. The quantitative estimate of drug-likeness (QED) is 0.399. The zero-order valence-electron chi connectivity index (χ0n) is 6.07. The lowest BCUT2D eigenvalue weighted by Crippen LogP contribution is -2.20. The van der Waals surface area contributed by atoms with Crippen LogP contribution in [0.3, 0.4) is 0 Å². The average molecular weight is 206 g/mol. The monoisotopic (exact) mass is 205 g/mol. The van der Waals surface area contributed by atoms with Crippen LogP contribution in [-0.2, 0) is 10.1 Å². The zero-order valence-corrected chi connectivity index (χ0v) is 7.64. The van der Waals surface area contributed by atoms with E-state index < -0.39 is 16.2 Å². The third kappa shape index (κ3) is 39.3. The molecule has 0 saturated carbocycles. The van der Waals surface area contributed by atoms with Crippen LogP contribution in [0.2, 0.25) is 0 Å². The van der Waals surface area contributed by atoms with E-state index in [0.29, 0.717) is 6.26 Å². The number of hydrogen-bond donors (Lipinski definition) is 3. The van der Waals surface area contributed by atoms with Crippen LogP contribution in [0.4, 0.5) is 0 Å². The highest BCUT2D eigenvalue weighted by molar-refractivity contribution is 7.85. The van der Waals surface area contributed by atoms with E-state index in [2.05, 4.69) is 0 Å². The second-order valence-electron chi connectivity index (χ2n) is 1.78. The molecule has 0 spiro atoms. The summed E-state index contributed by atoms with van der Waals surface area (Å²) in [7, 11) is -3.67. The Morgan fingerprint density at radius 2 is 1.91 bits per heavy atom. The Morgan fingerprint density at radius 3 is 1.91 bits per heavy atom. The molecule has 0 aliphatic heterocycles. The van der Waals surface area contributed by atoms with E-state index in [1.165, 1.54) is 0 Å². The Kier molecular flexibility index (Phi) is 8.47. The van der Waals surface area contributed by atoms with Gasteiger partial charge in [0, 0.05) is 12.4 Å². The van der Waals surface area contributed by atoms with Gasteiger partial charge in [-0.25, -0.2) is 0 Å². The highest BCUT2D eigenvalue weighted by Gasteiger charge is 1.92. The Morgan fingerprint density at radius 1 is 1.64 bits per heavy atom. The molecule has 4 N–H and O–H groups in total. The Balaban J connectivity index is 0. The van der Waals surface area contributed by atoms with Crippen LogP contribution in [0, 0.1) is 0 Å². The molecule has 0 radical (unpaired) electrons.